The molecule has 0 saturated carbocycles. The van der Waals surface area contributed by atoms with E-state index in [0.29, 0.717) is 5.69 Å². The van der Waals surface area contributed by atoms with Gasteiger partial charge in [0.1, 0.15) is 5.69 Å². The molecule has 1 aliphatic rings. The summed E-state index contributed by atoms with van der Waals surface area (Å²) in [5, 5.41) is 14.6. The van der Waals surface area contributed by atoms with Crippen LogP contribution in [-0.4, -0.2) is 16.5 Å². The Morgan fingerprint density at radius 2 is 1.67 bits per heavy atom. The highest BCUT2D eigenvalue weighted by atomic mass is 16.6. The standard InChI is InChI=1S/C25H21N3O2/c1-26-22-13-12-19(15-25(22)28(29)30)27-23-14-11-17-7-5-6-10-20(17)21(23)16-24(27)18-8-3-2-4-9-18/h2-10,12-13,15-16,26H,11,14H2,1H3. The van der Waals surface area contributed by atoms with Crippen molar-refractivity contribution in [3.05, 3.63) is 100 Å². The Bertz CT molecular complexity index is 1260. The summed E-state index contributed by atoms with van der Waals surface area (Å²) in [6.45, 7) is 0. The summed E-state index contributed by atoms with van der Waals surface area (Å²) in [6, 6.07) is 26.3. The molecule has 0 bridgehead atoms. The zero-order chi connectivity index (χ0) is 20.7. The van der Waals surface area contributed by atoms with Crippen LogP contribution in [-0.2, 0) is 12.8 Å². The van der Waals surface area contributed by atoms with Crippen LogP contribution >= 0.6 is 0 Å². The van der Waals surface area contributed by atoms with E-state index in [9.17, 15) is 10.1 Å². The lowest BCUT2D eigenvalue weighted by Crippen LogP contribution is -2.09. The van der Waals surface area contributed by atoms with Gasteiger partial charge in [-0.05, 0) is 47.7 Å². The second-order valence-electron chi connectivity index (χ2n) is 7.46. The topological polar surface area (TPSA) is 60.1 Å². The number of nitro benzene ring substituents is 1. The van der Waals surface area contributed by atoms with Crippen LogP contribution in [0.3, 0.4) is 0 Å². The van der Waals surface area contributed by atoms with Crippen LogP contribution in [0.1, 0.15) is 11.3 Å². The molecule has 30 heavy (non-hydrogen) atoms. The summed E-state index contributed by atoms with van der Waals surface area (Å²) in [7, 11) is 1.70. The highest BCUT2D eigenvalue weighted by molar-refractivity contribution is 5.81. The van der Waals surface area contributed by atoms with Crippen molar-refractivity contribution in [1.29, 1.82) is 0 Å². The van der Waals surface area contributed by atoms with Crippen LogP contribution < -0.4 is 5.32 Å². The van der Waals surface area contributed by atoms with Crippen molar-refractivity contribution in [2.45, 2.75) is 12.8 Å². The van der Waals surface area contributed by atoms with E-state index in [1.54, 1.807) is 19.2 Å². The molecular weight excluding hydrogens is 374 g/mol. The van der Waals surface area contributed by atoms with E-state index in [-0.39, 0.29) is 10.6 Å². The summed E-state index contributed by atoms with van der Waals surface area (Å²) in [5.74, 6) is 0. The van der Waals surface area contributed by atoms with Gasteiger partial charge in [-0.2, -0.15) is 0 Å². The van der Waals surface area contributed by atoms with Gasteiger partial charge < -0.3 is 9.88 Å². The number of nitrogens with one attached hydrogen (secondary N) is 1. The molecule has 1 aromatic heterocycles. The number of anilines is 1. The van der Waals surface area contributed by atoms with Gasteiger partial charge in [-0.3, -0.25) is 10.1 Å². The lowest BCUT2D eigenvalue weighted by atomic mass is 9.90. The number of aryl methyl sites for hydroxylation is 1. The van der Waals surface area contributed by atoms with Gasteiger partial charge in [-0.1, -0.05) is 54.6 Å². The monoisotopic (exact) mass is 395 g/mol. The molecule has 148 valence electrons. The minimum atomic E-state index is -0.331. The van der Waals surface area contributed by atoms with Gasteiger partial charge in [0, 0.05) is 24.4 Å². The zero-order valence-electron chi connectivity index (χ0n) is 16.6. The summed E-state index contributed by atoms with van der Waals surface area (Å²) in [5.41, 5.74) is 8.52. The fourth-order valence-electron chi connectivity index (χ4n) is 4.42. The molecule has 1 aliphatic carbocycles. The maximum absolute atomic E-state index is 11.7. The Morgan fingerprint density at radius 3 is 2.43 bits per heavy atom. The first kappa shape index (κ1) is 18.2. The Hall–Kier alpha value is -3.86. The number of nitrogens with zero attached hydrogens (tertiary/aromatic N) is 2. The average molecular weight is 395 g/mol. The molecule has 1 heterocycles. The highest BCUT2D eigenvalue weighted by Gasteiger charge is 2.25. The van der Waals surface area contributed by atoms with Gasteiger partial charge >= 0.3 is 0 Å². The van der Waals surface area contributed by atoms with Crippen LogP contribution in [0, 0.1) is 10.1 Å². The number of benzene rings is 3. The molecule has 5 nitrogen and oxygen atoms in total. The summed E-state index contributed by atoms with van der Waals surface area (Å²) in [4.78, 5) is 11.3. The first-order valence-corrected chi connectivity index (χ1v) is 10.0. The third-order valence-corrected chi connectivity index (χ3v) is 5.82. The first-order chi connectivity index (χ1) is 14.7. The fraction of sp³-hybridized carbons (Fsp3) is 0.120. The quantitative estimate of drug-likeness (QED) is 0.348. The number of fused-ring (bicyclic) bond motifs is 3. The molecule has 3 aromatic carbocycles. The van der Waals surface area contributed by atoms with Crippen molar-refractivity contribution < 1.29 is 4.92 Å². The van der Waals surface area contributed by atoms with Gasteiger partial charge in [0.25, 0.3) is 5.69 Å². The van der Waals surface area contributed by atoms with E-state index >= 15 is 0 Å². The predicted molar refractivity (Wildman–Crippen MR) is 120 cm³/mol. The second kappa shape index (κ2) is 7.19. The van der Waals surface area contributed by atoms with Crippen LogP contribution in [0.5, 0.6) is 0 Å². The molecule has 0 atom stereocenters. The normalized spacial score (nSPS) is 12.2. The minimum absolute atomic E-state index is 0.0765. The molecule has 0 fully saturated rings. The van der Waals surface area contributed by atoms with E-state index < -0.39 is 0 Å². The van der Waals surface area contributed by atoms with E-state index in [1.807, 2.05) is 24.3 Å². The fourth-order valence-corrected chi connectivity index (χ4v) is 4.42. The van der Waals surface area contributed by atoms with Gasteiger partial charge in [-0.25, -0.2) is 0 Å². The molecule has 0 amide bonds. The third-order valence-electron chi connectivity index (χ3n) is 5.82. The second-order valence-corrected chi connectivity index (χ2v) is 7.46. The Morgan fingerprint density at radius 1 is 0.900 bits per heavy atom. The number of hydrogen-bond donors (Lipinski definition) is 1. The molecule has 0 aliphatic heterocycles. The van der Waals surface area contributed by atoms with Crippen molar-refractivity contribution in [3.63, 3.8) is 0 Å². The number of nitro groups is 1. The van der Waals surface area contributed by atoms with Crippen LogP contribution in [0.15, 0.2) is 78.9 Å². The van der Waals surface area contributed by atoms with E-state index in [2.05, 4.69) is 52.3 Å². The lowest BCUT2D eigenvalue weighted by molar-refractivity contribution is -0.383. The molecule has 5 rings (SSSR count). The summed E-state index contributed by atoms with van der Waals surface area (Å²) >= 11 is 0. The first-order valence-electron chi connectivity index (χ1n) is 10.0. The molecular formula is C25H21N3O2. The average Bonchev–Trinajstić information content (AvgIpc) is 3.19. The molecule has 5 heteroatoms. The van der Waals surface area contributed by atoms with Crippen molar-refractivity contribution in [2.24, 2.45) is 0 Å². The van der Waals surface area contributed by atoms with Crippen molar-refractivity contribution in [2.75, 3.05) is 12.4 Å². The van der Waals surface area contributed by atoms with Gasteiger partial charge in [0.15, 0.2) is 0 Å². The van der Waals surface area contributed by atoms with Crippen LogP contribution in [0.2, 0.25) is 0 Å². The Kier molecular flexibility index (Phi) is 4.36. The lowest BCUT2D eigenvalue weighted by Gasteiger charge is -2.20. The third kappa shape index (κ3) is 2.87. The van der Waals surface area contributed by atoms with Crippen molar-refractivity contribution in [3.8, 4) is 28.1 Å². The number of rotatable bonds is 4. The molecule has 1 N–H and O–H groups in total. The van der Waals surface area contributed by atoms with Crippen LogP contribution in [0.25, 0.3) is 28.1 Å². The summed E-state index contributed by atoms with van der Waals surface area (Å²) < 4.78 is 2.19. The SMILES string of the molecule is CNc1ccc(-n2c(-c3ccccc3)cc3c2CCc2ccccc2-3)cc1[N+](=O)[O-]. The predicted octanol–water partition coefficient (Wildman–Crippen LogP) is 5.86. The maximum atomic E-state index is 11.7. The highest BCUT2D eigenvalue weighted by Crippen LogP contribution is 2.41. The van der Waals surface area contributed by atoms with Crippen LogP contribution in [0.4, 0.5) is 11.4 Å². The van der Waals surface area contributed by atoms with Gasteiger partial charge in [0.05, 0.1) is 16.3 Å². The van der Waals surface area contributed by atoms with E-state index in [0.717, 1.165) is 29.8 Å². The molecule has 0 radical (unpaired) electrons. The Labute approximate surface area is 174 Å². The van der Waals surface area contributed by atoms with Gasteiger partial charge in [0.2, 0.25) is 0 Å². The largest absolute Gasteiger partial charge is 0.383 e. The molecule has 0 unspecified atom stereocenters. The number of hydrogen-bond acceptors (Lipinski definition) is 3. The smallest absolute Gasteiger partial charge is 0.294 e. The molecule has 4 aromatic rings. The zero-order valence-corrected chi connectivity index (χ0v) is 16.6. The van der Waals surface area contributed by atoms with Crippen molar-refractivity contribution >= 4 is 11.4 Å². The number of aromatic nitrogens is 1. The van der Waals surface area contributed by atoms with Crippen molar-refractivity contribution in [1.82, 2.24) is 4.57 Å². The maximum Gasteiger partial charge on any atom is 0.294 e. The minimum Gasteiger partial charge on any atom is -0.383 e. The molecule has 0 saturated heterocycles. The molecule has 0 spiro atoms. The van der Waals surface area contributed by atoms with E-state index in [4.69, 9.17) is 0 Å². The summed E-state index contributed by atoms with van der Waals surface area (Å²) in [6.07, 6.45) is 1.85. The van der Waals surface area contributed by atoms with E-state index in [1.165, 1.54) is 22.4 Å². The Balaban J connectivity index is 1.80. The van der Waals surface area contributed by atoms with Gasteiger partial charge in [-0.15, -0.1) is 0 Å².